The molecule has 2 rings (SSSR count). The molecular weight excluding hydrogens is 246 g/mol. The first-order valence-corrected chi connectivity index (χ1v) is 7.51. The normalized spacial score (nSPS) is 18.6. The summed E-state index contributed by atoms with van der Waals surface area (Å²) in [7, 11) is 0. The molecule has 1 fully saturated rings. The van der Waals surface area contributed by atoms with Crippen molar-refractivity contribution in [2.24, 2.45) is 11.7 Å². The maximum Gasteiger partial charge on any atom is 0.243 e. The second-order valence-corrected chi connectivity index (χ2v) is 5.99. The van der Waals surface area contributed by atoms with E-state index in [0.717, 1.165) is 12.1 Å². The van der Waals surface area contributed by atoms with Gasteiger partial charge >= 0.3 is 0 Å². The minimum atomic E-state index is -0.405. The zero-order chi connectivity index (χ0) is 13.0. The Morgan fingerprint density at radius 1 is 1.56 bits per heavy atom. The molecule has 1 saturated carbocycles. The van der Waals surface area contributed by atoms with Gasteiger partial charge in [-0.2, -0.15) is 0 Å². The van der Waals surface area contributed by atoms with Crippen molar-refractivity contribution in [3.05, 3.63) is 11.1 Å². The molecule has 0 unspecified atom stereocenters. The van der Waals surface area contributed by atoms with E-state index in [0.29, 0.717) is 11.0 Å². The summed E-state index contributed by atoms with van der Waals surface area (Å²) in [5.74, 6) is 0.521. The van der Waals surface area contributed by atoms with Gasteiger partial charge in [0.1, 0.15) is 0 Å². The molecule has 4 nitrogen and oxygen atoms in total. The Balaban J connectivity index is 1.80. The number of nitrogens with two attached hydrogens (primary N) is 1. The van der Waals surface area contributed by atoms with Crippen LogP contribution in [0.2, 0.25) is 0 Å². The average Bonchev–Trinajstić information content (AvgIpc) is 2.76. The molecule has 3 N–H and O–H groups in total. The van der Waals surface area contributed by atoms with Crippen LogP contribution in [-0.2, 0) is 4.79 Å². The highest BCUT2D eigenvalue weighted by molar-refractivity contribution is 7.13. The Kier molecular flexibility index (Phi) is 4.72. The van der Waals surface area contributed by atoms with Crippen LogP contribution in [0.3, 0.4) is 0 Å². The predicted molar refractivity (Wildman–Crippen MR) is 74.6 cm³/mol. The Bertz CT molecular complexity index is 399. The second kappa shape index (κ2) is 6.29. The van der Waals surface area contributed by atoms with Crippen LogP contribution in [0.15, 0.2) is 5.38 Å². The van der Waals surface area contributed by atoms with Crippen LogP contribution in [0, 0.1) is 12.8 Å². The predicted octanol–water partition coefficient (Wildman–Crippen LogP) is 2.69. The van der Waals surface area contributed by atoms with E-state index in [1.807, 2.05) is 12.3 Å². The van der Waals surface area contributed by atoms with Crippen LogP contribution in [0.1, 0.15) is 44.2 Å². The molecule has 0 spiro atoms. The van der Waals surface area contributed by atoms with Crippen LogP contribution in [0.5, 0.6) is 0 Å². The molecular formula is C13H21N3OS. The number of rotatable bonds is 4. The molecule has 5 heteroatoms. The SMILES string of the molecule is Cc1csc(NC(=O)[C@@H](N)CC2CCCCC2)n1. The third kappa shape index (κ3) is 3.78. The van der Waals surface area contributed by atoms with E-state index < -0.39 is 6.04 Å². The van der Waals surface area contributed by atoms with Gasteiger partial charge in [-0.1, -0.05) is 32.1 Å². The molecule has 1 atom stereocenters. The minimum absolute atomic E-state index is 0.102. The van der Waals surface area contributed by atoms with E-state index in [4.69, 9.17) is 5.73 Å². The summed E-state index contributed by atoms with van der Waals surface area (Å²) in [5, 5.41) is 5.36. The third-order valence-corrected chi connectivity index (χ3v) is 4.37. The minimum Gasteiger partial charge on any atom is -0.320 e. The third-order valence-electron chi connectivity index (χ3n) is 3.50. The molecule has 1 heterocycles. The molecule has 100 valence electrons. The van der Waals surface area contributed by atoms with Crippen LogP contribution in [-0.4, -0.2) is 16.9 Å². The van der Waals surface area contributed by atoms with E-state index in [2.05, 4.69) is 10.3 Å². The average molecular weight is 267 g/mol. The number of aromatic nitrogens is 1. The summed E-state index contributed by atoms with van der Waals surface area (Å²) < 4.78 is 0. The summed E-state index contributed by atoms with van der Waals surface area (Å²) in [4.78, 5) is 16.1. The lowest BCUT2D eigenvalue weighted by atomic mass is 9.85. The number of anilines is 1. The van der Waals surface area contributed by atoms with Gasteiger partial charge in [-0.3, -0.25) is 4.79 Å². The number of nitrogens with one attached hydrogen (secondary N) is 1. The van der Waals surface area contributed by atoms with Crippen LogP contribution >= 0.6 is 11.3 Å². The van der Waals surface area contributed by atoms with Crippen molar-refractivity contribution >= 4 is 22.4 Å². The molecule has 18 heavy (non-hydrogen) atoms. The number of hydrogen-bond acceptors (Lipinski definition) is 4. The van der Waals surface area contributed by atoms with Crippen molar-refractivity contribution in [2.75, 3.05) is 5.32 Å². The monoisotopic (exact) mass is 267 g/mol. The van der Waals surface area contributed by atoms with Crippen molar-refractivity contribution in [1.82, 2.24) is 4.98 Å². The van der Waals surface area contributed by atoms with Crippen molar-refractivity contribution in [3.8, 4) is 0 Å². The Morgan fingerprint density at radius 2 is 2.28 bits per heavy atom. The fourth-order valence-corrected chi connectivity index (χ4v) is 3.19. The molecule has 1 aromatic rings. The molecule has 1 aromatic heterocycles. The lowest BCUT2D eigenvalue weighted by molar-refractivity contribution is -0.117. The second-order valence-electron chi connectivity index (χ2n) is 5.13. The first-order valence-electron chi connectivity index (χ1n) is 6.63. The van der Waals surface area contributed by atoms with Gasteiger partial charge in [0, 0.05) is 5.38 Å². The van der Waals surface area contributed by atoms with Gasteiger partial charge in [0.25, 0.3) is 0 Å². The van der Waals surface area contributed by atoms with Crippen LogP contribution < -0.4 is 11.1 Å². The summed E-state index contributed by atoms with van der Waals surface area (Å²) in [6.07, 6.45) is 7.14. The molecule has 0 radical (unpaired) electrons. The molecule has 1 amide bonds. The largest absolute Gasteiger partial charge is 0.320 e. The first-order chi connectivity index (χ1) is 8.65. The van der Waals surface area contributed by atoms with E-state index in [-0.39, 0.29) is 5.91 Å². The number of amides is 1. The number of hydrogen-bond donors (Lipinski definition) is 2. The van der Waals surface area contributed by atoms with Gasteiger partial charge in [-0.15, -0.1) is 11.3 Å². The van der Waals surface area contributed by atoms with E-state index in [1.165, 1.54) is 43.4 Å². The first kappa shape index (κ1) is 13.5. The Hall–Kier alpha value is -0.940. The topological polar surface area (TPSA) is 68.0 Å². The molecule has 1 aliphatic rings. The maximum atomic E-state index is 11.9. The van der Waals surface area contributed by atoms with Crippen LogP contribution in [0.25, 0.3) is 0 Å². The van der Waals surface area contributed by atoms with Gasteiger partial charge in [0.05, 0.1) is 11.7 Å². The summed E-state index contributed by atoms with van der Waals surface area (Å²) >= 11 is 1.44. The fourth-order valence-electron chi connectivity index (χ4n) is 2.50. The van der Waals surface area contributed by atoms with Crippen LogP contribution in [0.4, 0.5) is 5.13 Å². The maximum absolute atomic E-state index is 11.9. The molecule has 0 saturated heterocycles. The molecule has 1 aliphatic carbocycles. The Morgan fingerprint density at radius 3 is 2.89 bits per heavy atom. The van der Waals surface area contributed by atoms with E-state index >= 15 is 0 Å². The van der Waals surface area contributed by atoms with Gasteiger partial charge in [-0.05, 0) is 19.3 Å². The van der Waals surface area contributed by atoms with Crippen molar-refractivity contribution in [2.45, 2.75) is 51.5 Å². The van der Waals surface area contributed by atoms with Crippen molar-refractivity contribution in [1.29, 1.82) is 0 Å². The van der Waals surface area contributed by atoms with Gasteiger partial charge < -0.3 is 11.1 Å². The quantitative estimate of drug-likeness (QED) is 0.881. The van der Waals surface area contributed by atoms with E-state index in [9.17, 15) is 4.79 Å². The lowest BCUT2D eigenvalue weighted by Gasteiger charge is -2.23. The number of aryl methyl sites for hydroxylation is 1. The highest BCUT2D eigenvalue weighted by atomic mass is 32.1. The lowest BCUT2D eigenvalue weighted by Crippen LogP contribution is -2.37. The number of carbonyl (C=O) groups excluding carboxylic acids is 1. The van der Waals surface area contributed by atoms with Crippen molar-refractivity contribution < 1.29 is 4.79 Å². The highest BCUT2D eigenvalue weighted by Crippen LogP contribution is 2.27. The Labute approximate surface area is 112 Å². The van der Waals surface area contributed by atoms with Crippen molar-refractivity contribution in [3.63, 3.8) is 0 Å². The zero-order valence-corrected chi connectivity index (χ0v) is 11.6. The molecule has 0 aliphatic heterocycles. The number of nitrogens with zero attached hydrogens (tertiary/aromatic N) is 1. The fraction of sp³-hybridized carbons (Fsp3) is 0.692. The molecule has 0 bridgehead atoms. The van der Waals surface area contributed by atoms with Gasteiger partial charge in [0.15, 0.2) is 5.13 Å². The number of carbonyl (C=O) groups is 1. The molecule has 0 aromatic carbocycles. The zero-order valence-electron chi connectivity index (χ0n) is 10.8. The summed E-state index contributed by atoms with van der Waals surface area (Å²) in [5.41, 5.74) is 6.89. The van der Waals surface area contributed by atoms with Gasteiger partial charge in [0.2, 0.25) is 5.91 Å². The number of thiazole rings is 1. The summed E-state index contributed by atoms with van der Waals surface area (Å²) in [6, 6.07) is -0.405. The highest BCUT2D eigenvalue weighted by Gasteiger charge is 2.21. The van der Waals surface area contributed by atoms with E-state index in [1.54, 1.807) is 0 Å². The van der Waals surface area contributed by atoms with Gasteiger partial charge in [-0.25, -0.2) is 4.98 Å². The smallest absolute Gasteiger partial charge is 0.243 e. The summed E-state index contributed by atoms with van der Waals surface area (Å²) in [6.45, 7) is 1.91. The standard InChI is InChI=1S/C13H21N3OS/c1-9-8-18-13(15-9)16-12(17)11(14)7-10-5-3-2-4-6-10/h8,10-11H,2-7,14H2,1H3,(H,15,16,17)/t11-/m0/s1.